The lowest BCUT2D eigenvalue weighted by Crippen LogP contribution is -2.20. The maximum Gasteiger partial charge on any atom is 0.207 e. The highest BCUT2D eigenvalue weighted by Crippen LogP contribution is 2.23. The predicted molar refractivity (Wildman–Crippen MR) is 76.2 cm³/mol. The van der Waals surface area contributed by atoms with Gasteiger partial charge in [-0.3, -0.25) is 0 Å². The molecule has 0 spiro atoms. The van der Waals surface area contributed by atoms with Gasteiger partial charge >= 0.3 is 0 Å². The highest BCUT2D eigenvalue weighted by atomic mass is 32.1. The van der Waals surface area contributed by atoms with E-state index >= 15 is 0 Å². The second-order valence-corrected chi connectivity index (χ2v) is 5.43. The van der Waals surface area contributed by atoms with Crippen LogP contribution in [0.5, 0.6) is 0 Å². The van der Waals surface area contributed by atoms with E-state index in [2.05, 4.69) is 31.0 Å². The molecule has 0 fully saturated rings. The van der Waals surface area contributed by atoms with E-state index in [9.17, 15) is 4.39 Å². The van der Waals surface area contributed by atoms with Crippen LogP contribution in [-0.4, -0.2) is 20.4 Å². The number of nitrogens with one attached hydrogen (secondary N) is 2. The second-order valence-electron chi connectivity index (χ2n) is 3.76. The fraction of sp³-hybridized carbons (Fsp3) is 0.0909. The predicted octanol–water partition coefficient (Wildman–Crippen LogP) is 2.75. The van der Waals surface area contributed by atoms with E-state index in [1.807, 2.05) is 6.07 Å². The van der Waals surface area contributed by atoms with Crippen LogP contribution >= 0.6 is 22.7 Å². The first-order chi connectivity index (χ1) is 9.81. The summed E-state index contributed by atoms with van der Waals surface area (Å²) in [5.74, 6) is -0.300. The third-order valence-corrected chi connectivity index (χ3v) is 3.68. The van der Waals surface area contributed by atoms with Gasteiger partial charge in [-0.1, -0.05) is 34.8 Å². The Morgan fingerprint density at radius 3 is 2.15 bits per heavy atom. The summed E-state index contributed by atoms with van der Waals surface area (Å²) in [6.45, 7) is 0. The molecule has 3 rings (SSSR count). The lowest BCUT2D eigenvalue weighted by Gasteiger charge is -2.19. The van der Waals surface area contributed by atoms with E-state index in [0.717, 1.165) is 5.56 Å². The second kappa shape index (κ2) is 5.88. The molecule has 9 heteroatoms. The number of aromatic nitrogens is 4. The minimum absolute atomic E-state index is 0.300. The largest absolute Gasteiger partial charge is 0.336 e. The van der Waals surface area contributed by atoms with Crippen LogP contribution in [0.2, 0.25) is 0 Å². The van der Waals surface area contributed by atoms with Gasteiger partial charge in [0, 0.05) is 0 Å². The fourth-order valence-corrected chi connectivity index (χ4v) is 2.56. The zero-order valence-electron chi connectivity index (χ0n) is 10.0. The molecule has 0 amide bonds. The van der Waals surface area contributed by atoms with Crippen molar-refractivity contribution in [3.05, 3.63) is 46.7 Å². The maximum absolute atomic E-state index is 13.4. The Morgan fingerprint density at radius 2 is 1.65 bits per heavy atom. The fourth-order valence-electron chi connectivity index (χ4n) is 1.61. The van der Waals surface area contributed by atoms with Crippen molar-refractivity contribution < 1.29 is 4.39 Å². The molecule has 0 saturated heterocycles. The van der Waals surface area contributed by atoms with E-state index in [-0.39, 0.29) is 12.0 Å². The van der Waals surface area contributed by atoms with Gasteiger partial charge in [0.2, 0.25) is 10.3 Å². The standard InChI is InChI=1S/C11H9FN6S2/c12-8-3-1-2-7(4-8)9(15-10-17-13-5-19-10)16-11-18-14-6-20-11/h1-6,9H,(H,15,17)(H,16,18). The van der Waals surface area contributed by atoms with E-state index < -0.39 is 0 Å². The molecule has 2 N–H and O–H groups in total. The normalized spacial score (nSPS) is 10.7. The van der Waals surface area contributed by atoms with Gasteiger partial charge in [0.1, 0.15) is 23.0 Å². The molecule has 0 atom stereocenters. The first-order valence-electron chi connectivity index (χ1n) is 5.62. The Hall–Kier alpha value is -2.13. The van der Waals surface area contributed by atoms with Crippen molar-refractivity contribution in [1.82, 2.24) is 20.4 Å². The summed E-state index contributed by atoms with van der Waals surface area (Å²) < 4.78 is 13.4. The van der Waals surface area contributed by atoms with Crippen LogP contribution < -0.4 is 10.6 Å². The Bertz CT molecular complexity index is 621. The molecule has 102 valence electrons. The molecule has 0 bridgehead atoms. The van der Waals surface area contributed by atoms with Crippen LogP contribution in [0, 0.1) is 5.82 Å². The SMILES string of the molecule is Fc1cccc(C(Nc2nncs2)Nc2nncs2)c1. The zero-order chi connectivity index (χ0) is 13.8. The van der Waals surface area contributed by atoms with Crippen molar-refractivity contribution in [2.45, 2.75) is 6.17 Å². The zero-order valence-corrected chi connectivity index (χ0v) is 11.7. The molecule has 0 saturated carbocycles. The number of rotatable bonds is 5. The van der Waals surface area contributed by atoms with Crippen molar-refractivity contribution in [3.8, 4) is 0 Å². The summed E-state index contributed by atoms with van der Waals surface area (Å²) in [6.07, 6.45) is -0.369. The van der Waals surface area contributed by atoms with Gasteiger partial charge < -0.3 is 10.6 Å². The molecule has 0 aliphatic rings. The van der Waals surface area contributed by atoms with Gasteiger partial charge in [0.05, 0.1) is 0 Å². The van der Waals surface area contributed by atoms with Crippen molar-refractivity contribution in [1.29, 1.82) is 0 Å². The third-order valence-electron chi connectivity index (χ3n) is 2.44. The van der Waals surface area contributed by atoms with Gasteiger partial charge in [-0.05, 0) is 17.7 Å². The quantitative estimate of drug-likeness (QED) is 0.706. The Morgan fingerprint density at radius 1 is 1.00 bits per heavy atom. The summed E-state index contributed by atoms with van der Waals surface area (Å²) in [6, 6.07) is 6.32. The number of anilines is 2. The molecule has 2 heterocycles. The van der Waals surface area contributed by atoms with Crippen LogP contribution in [0.25, 0.3) is 0 Å². The smallest absolute Gasteiger partial charge is 0.207 e. The molecule has 0 unspecified atom stereocenters. The van der Waals surface area contributed by atoms with E-state index in [1.54, 1.807) is 17.1 Å². The third kappa shape index (κ3) is 3.06. The van der Waals surface area contributed by atoms with Gasteiger partial charge in [-0.15, -0.1) is 20.4 Å². The minimum Gasteiger partial charge on any atom is -0.336 e. The molecule has 1 aromatic carbocycles. The number of hydrogen-bond acceptors (Lipinski definition) is 8. The summed E-state index contributed by atoms with van der Waals surface area (Å²) in [7, 11) is 0. The molecule has 6 nitrogen and oxygen atoms in total. The van der Waals surface area contributed by atoms with Crippen LogP contribution in [0.1, 0.15) is 11.7 Å². The van der Waals surface area contributed by atoms with Crippen molar-refractivity contribution in [3.63, 3.8) is 0 Å². The molecule has 20 heavy (non-hydrogen) atoms. The average molecular weight is 308 g/mol. The topological polar surface area (TPSA) is 75.6 Å². The lowest BCUT2D eigenvalue weighted by molar-refractivity contribution is 0.624. The Kier molecular flexibility index (Phi) is 3.79. The average Bonchev–Trinajstić information content (AvgIpc) is 3.11. The molecular formula is C11H9FN6S2. The summed E-state index contributed by atoms with van der Waals surface area (Å²) in [5.41, 5.74) is 3.97. The van der Waals surface area contributed by atoms with Gasteiger partial charge in [-0.25, -0.2) is 4.39 Å². The number of halogens is 1. The first kappa shape index (κ1) is 12.9. The summed E-state index contributed by atoms with van der Waals surface area (Å²) in [5, 5.41) is 22.9. The first-order valence-corrected chi connectivity index (χ1v) is 7.38. The molecule has 2 aromatic heterocycles. The van der Waals surface area contributed by atoms with Crippen molar-refractivity contribution >= 4 is 32.9 Å². The minimum atomic E-state index is -0.369. The van der Waals surface area contributed by atoms with Gasteiger partial charge in [0.25, 0.3) is 0 Å². The van der Waals surface area contributed by atoms with Crippen LogP contribution in [0.15, 0.2) is 35.3 Å². The molecule has 0 radical (unpaired) electrons. The highest BCUT2D eigenvalue weighted by Gasteiger charge is 2.14. The molecule has 0 aliphatic heterocycles. The Labute approximate surface area is 121 Å². The maximum atomic E-state index is 13.4. The highest BCUT2D eigenvalue weighted by molar-refractivity contribution is 7.13. The van der Waals surface area contributed by atoms with E-state index in [0.29, 0.717) is 10.3 Å². The summed E-state index contributed by atoms with van der Waals surface area (Å²) in [4.78, 5) is 0. The molecule has 3 aromatic rings. The number of hydrogen-bond donors (Lipinski definition) is 2. The lowest BCUT2D eigenvalue weighted by atomic mass is 10.1. The monoisotopic (exact) mass is 308 g/mol. The number of benzene rings is 1. The van der Waals surface area contributed by atoms with E-state index in [4.69, 9.17) is 0 Å². The van der Waals surface area contributed by atoms with Gasteiger partial charge in [-0.2, -0.15) is 0 Å². The van der Waals surface area contributed by atoms with Crippen molar-refractivity contribution in [2.24, 2.45) is 0 Å². The molecule has 0 aliphatic carbocycles. The van der Waals surface area contributed by atoms with Crippen LogP contribution in [-0.2, 0) is 0 Å². The molecular weight excluding hydrogens is 299 g/mol. The Balaban J connectivity index is 1.86. The van der Waals surface area contributed by atoms with Gasteiger partial charge in [0.15, 0.2) is 0 Å². The van der Waals surface area contributed by atoms with E-state index in [1.165, 1.54) is 34.8 Å². The summed E-state index contributed by atoms with van der Waals surface area (Å²) >= 11 is 2.73. The van der Waals surface area contributed by atoms with Crippen molar-refractivity contribution in [2.75, 3.05) is 10.6 Å². The van der Waals surface area contributed by atoms with Crippen LogP contribution in [0.4, 0.5) is 14.7 Å². The number of nitrogens with zero attached hydrogens (tertiary/aromatic N) is 4. The van der Waals surface area contributed by atoms with Crippen LogP contribution in [0.3, 0.4) is 0 Å².